The molecule has 0 aliphatic carbocycles. The molecule has 8 heteroatoms. The molecule has 0 saturated heterocycles. The van der Waals surface area contributed by atoms with Crippen LogP contribution in [0, 0.1) is 5.82 Å². The topological polar surface area (TPSA) is 75.7 Å². The predicted molar refractivity (Wildman–Crippen MR) is 132 cm³/mol. The summed E-state index contributed by atoms with van der Waals surface area (Å²) in [4.78, 5) is 12.4. The molecule has 0 heterocycles. The largest absolute Gasteiger partial charge is 0.492 e. The van der Waals surface area contributed by atoms with Gasteiger partial charge in [-0.2, -0.15) is 0 Å². The number of rotatable bonds is 11. The standard InChI is InChI=1S/C26H29FN2O4S/c1-3-6-20-9-15-24(16-10-20)33-18-17-28-26(30)21-11-13-23(14-12-21)29(34(2,31)32)19-22-7-4-5-8-25(22)27/h4-5,7-16H,3,6,17-19H2,1-2H3,(H,28,30). The van der Waals surface area contributed by atoms with Crippen molar-refractivity contribution in [2.75, 3.05) is 23.7 Å². The van der Waals surface area contributed by atoms with Crippen molar-refractivity contribution in [1.29, 1.82) is 0 Å². The van der Waals surface area contributed by atoms with Gasteiger partial charge < -0.3 is 10.1 Å². The maximum absolute atomic E-state index is 14.0. The lowest BCUT2D eigenvalue weighted by Gasteiger charge is -2.23. The average Bonchev–Trinajstić information content (AvgIpc) is 2.82. The van der Waals surface area contributed by atoms with Crippen LogP contribution in [0.25, 0.3) is 0 Å². The van der Waals surface area contributed by atoms with Gasteiger partial charge in [0.2, 0.25) is 10.0 Å². The first kappa shape index (κ1) is 25.2. The van der Waals surface area contributed by atoms with Crippen molar-refractivity contribution in [3.63, 3.8) is 0 Å². The van der Waals surface area contributed by atoms with Crippen LogP contribution in [0.1, 0.15) is 34.8 Å². The van der Waals surface area contributed by atoms with Crippen molar-refractivity contribution in [1.82, 2.24) is 5.32 Å². The fourth-order valence-corrected chi connectivity index (χ4v) is 4.32. The molecule has 34 heavy (non-hydrogen) atoms. The summed E-state index contributed by atoms with van der Waals surface area (Å²) in [5.41, 5.74) is 2.24. The number of hydrogen-bond donors (Lipinski definition) is 1. The molecule has 0 spiro atoms. The number of carbonyl (C=O) groups excluding carboxylic acids is 1. The zero-order valence-electron chi connectivity index (χ0n) is 19.3. The molecule has 0 radical (unpaired) electrons. The molecule has 3 aromatic carbocycles. The highest BCUT2D eigenvalue weighted by molar-refractivity contribution is 7.92. The van der Waals surface area contributed by atoms with Crippen molar-refractivity contribution in [3.05, 3.63) is 95.3 Å². The van der Waals surface area contributed by atoms with Crippen LogP contribution in [-0.2, 0) is 23.0 Å². The summed E-state index contributed by atoms with van der Waals surface area (Å²) in [6.07, 6.45) is 3.18. The van der Waals surface area contributed by atoms with Crippen molar-refractivity contribution in [2.45, 2.75) is 26.3 Å². The molecule has 6 nitrogen and oxygen atoms in total. The minimum atomic E-state index is -3.67. The number of benzene rings is 3. The molecule has 0 bridgehead atoms. The normalized spacial score (nSPS) is 11.1. The first-order valence-electron chi connectivity index (χ1n) is 11.1. The molecule has 0 aromatic heterocycles. The van der Waals surface area contributed by atoms with E-state index in [0.29, 0.717) is 24.4 Å². The summed E-state index contributed by atoms with van der Waals surface area (Å²) in [7, 11) is -3.67. The Labute approximate surface area is 200 Å². The fourth-order valence-electron chi connectivity index (χ4n) is 3.44. The summed E-state index contributed by atoms with van der Waals surface area (Å²) >= 11 is 0. The van der Waals surface area contributed by atoms with Crippen LogP contribution >= 0.6 is 0 Å². The van der Waals surface area contributed by atoms with E-state index < -0.39 is 15.8 Å². The molecule has 3 aromatic rings. The molecule has 0 unspecified atom stereocenters. The molecule has 0 aliphatic rings. The second-order valence-corrected chi connectivity index (χ2v) is 9.81. The molecule has 0 atom stereocenters. The number of anilines is 1. The molecule has 0 saturated carbocycles. The smallest absolute Gasteiger partial charge is 0.251 e. The van der Waals surface area contributed by atoms with Gasteiger partial charge in [-0.25, -0.2) is 12.8 Å². The number of ether oxygens (including phenoxy) is 1. The summed E-state index contributed by atoms with van der Waals surface area (Å²) in [6, 6.07) is 20.1. The molecule has 3 rings (SSSR count). The minimum Gasteiger partial charge on any atom is -0.492 e. The van der Waals surface area contributed by atoms with E-state index in [0.717, 1.165) is 29.2 Å². The number of amides is 1. The van der Waals surface area contributed by atoms with E-state index in [2.05, 4.69) is 12.2 Å². The van der Waals surface area contributed by atoms with E-state index in [9.17, 15) is 17.6 Å². The highest BCUT2D eigenvalue weighted by atomic mass is 32.2. The van der Waals surface area contributed by atoms with E-state index in [4.69, 9.17) is 4.74 Å². The van der Waals surface area contributed by atoms with Crippen LogP contribution in [0.3, 0.4) is 0 Å². The third-order valence-electron chi connectivity index (χ3n) is 5.21. The maximum Gasteiger partial charge on any atom is 0.251 e. The Bertz CT molecular complexity index is 1200. The number of nitrogens with zero attached hydrogens (tertiary/aromatic N) is 1. The SMILES string of the molecule is CCCc1ccc(OCCNC(=O)c2ccc(N(Cc3ccccc3F)S(C)(=O)=O)cc2)cc1. The van der Waals surface area contributed by atoms with Crippen LogP contribution in [0.4, 0.5) is 10.1 Å². The van der Waals surface area contributed by atoms with Crippen molar-refractivity contribution in [2.24, 2.45) is 0 Å². The molecule has 180 valence electrons. The molecule has 0 aliphatic heterocycles. The number of halogens is 1. The van der Waals surface area contributed by atoms with E-state index >= 15 is 0 Å². The van der Waals surface area contributed by atoms with Gasteiger partial charge in [-0.3, -0.25) is 9.10 Å². The van der Waals surface area contributed by atoms with Crippen LogP contribution in [-0.4, -0.2) is 33.7 Å². The quantitative estimate of drug-likeness (QED) is 0.405. The first-order chi connectivity index (χ1) is 16.3. The molecular weight excluding hydrogens is 455 g/mol. The average molecular weight is 485 g/mol. The zero-order valence-corrected chi connectivity index (χ0v) is 20.1. The number of aryl methyl sites for hydroxylation is 1. The Balaban J connectivity index is 1.56. The second kappa shape index (κ2) is 11.7. The van der Waals surface area contributed by atoms with E-state index in [1.807, 2.05) is 24.3 Å². The van der Waals surface area contributed by atoms with Gasteiger partial charge in [0, 0.05) is 11.1 Å². The lowest BCUT2D eigenvalue weighted by atomic mass is 10.1. The Hall–Kier alpha value is -3.39. The summed E-state index contributed by atoms with van der Waals surface area (Å²) in [6.45, 7) is 2.63. The van der Waals surface area contributed by atoms with Crippen LogP contribution in [0.15, 0.2) is 72.8 Å². The molecule has 0 fully saturated rings. The van der Waals surface area contributed by atoms with E-state index in [1.54, 1.807) is 12.1 Å². The Morgan fingerprint density at radius 2 is 1.68 bits per heavy atom. The van der Waals surface area contributed by atoms with Crippen molar-refractivity contribution >= 4 is 21.6 Å². The minimum absolute atomic E-state index is 0.145. The summed E-state index contributed by atoms with van der Waals surface area (Å²) < 4.78 is 45.4. The van der Waals surface area contributed by atoms with Gasteiger partial charge in [0.1, 0.15) is 18.2 Å². The highest BCUT2D eigenvalue weighted by Crippen LogP contribution is 2.22. The maximum atomic E-state index is 14.0. The second-order valence-electron chi connectivity index (χ2n) is 7.91. The third-order valence-corrected chi connectivity index (χ3v) is 6.35. The lowest BCUT2D eigenvalue weighted by Crippen LogP contribution is -2.30. The van der Waals surface area contributed by atoms with Gasteiger partial charge in [0.05, 0.1) is 25.0 Å². The predicted octanol–water partition coefficient (Wildman–Crippen LogP) is 4.55. The van der Waals surface area contributed by atoms with Gasteiger partial charge in [0.25, 0.3) is 5.91 Å². The van der Waals surface area contributed by atoms with Gasteiger partial charge >= 0.3 is 0 Å². The van der Waals surface area contributed by atoms with Gasteiger partial charge in [0.15, 0.2) is 0 Å². The van der Waals surface area contributed by atoms with Crippen molar-refractivity contribution < 1.29 is 22.3 Å². The Morgan fingerprint density at radius 3 is 2.29 bits per heavy atom. The summed E-state index contributed by atoms with van der Waals surface area (Å²) in [5, 5.41) is 2.78. The molecule has 1 N–H and O–H groups in total. The van der Waals surface area contributed by atoms with Crippen molar-refractivity contribution in [3.8, 4) is 5.75 Å². The molecule has 1 amide bonds. The zero-order chi connectivity index (χ0) is 24.6. The number of sulfonamides is 1. The fraction of sp³-hybridized carbons (Fsp3) is 0.269. The van der Waals surface area contributed by atoms with Crippen LogP contribution < -0.4 is 14.4 Å². The Kier molecular flexibility index (Phi) is 8.65. The van der Waals surface area contributed by atoms with Crippen LogP contribution in [0.2, 0.25) is 0 Å². The number of nitrogens with one attached hydrogen (secondary N) is 1. The first-order valence-corrected chi connectivity index (χ1v) is 12.9. The summed E-state index contributed by atoms with van der Waals surface area (Å²) in [5.74, 6) is -0.0334. The molecular formula is C26H29FN2O4S. The lowest BCUT2D eigenvalue weighted by molar-refractivity contribution is 0.0947. The van der Waals surface area contributed by atoms with Gasteiger partial charge in [-0.1, -0.05) is 43.7 Å². The number of hydrogen-bond acceptors (Lipinski definition) is 4. The van der Waals surface area contributed by atoms with Gasteiger partial charge in [-0.05, 0) is 54.4 Å². The highest BCUT2D eigenvalue weighted by Gasteiger charge is 2.20. The van der Waals surface area contributed by atoms with E-state index in [-0.39, 0.29) is 18.0 Å². The van der Waals surface area contributed by atoms with E-state index in [1.165, 1.54) is 42.0 Å². The Morgan fingerprint density at radius 1 is 1.00 bits per heavy atom. The third kappa shape index (κ3) is 7.05. The van der Waals surface area contributed by atoms with Gasteiger partial charge in [-0.15, -0.1) is 0 Å². The van der Waals surface area contributed by atoms with Crippen LogP contribution in [0.5, 0.6) is 5.75 Å². The number of carbonyl (C=O) groups is 1. The monoisotopic (exact) mass is 484 g/mol.